The molecule has 4 rings (SSSR count). The van der Waals surface area contributed by atoms with Gasteiger partial charge in [-0.25, -0.2) is 0 Å². The molecule has 0 aliphatic carbocycles. The standard InChI is InChI=1S/2C9H7.2C3H10NSi.Gd/c2*1-2-5-9-7-3-6-8(9)4-1;2*1-5(2,3)4;/h2*1-7H;2*4H,1-3H3;/q4*-1;+2. The van der Waals surface area contributed by atoms with E-state index in [1.54, 1.807) is 0 Å². The van der Waals surface area contributed by atoms with Crippen LogP contribution in [0.1, 0.15) is 0 Å². The first-order valence-corrected chi connectivity index (χ1v) is 16.6. The Morgan fingerprint density at radius 1 is 0.552 bits per heavy atom. The van der Waals surface area contributed by atoms with Crippen LogP contribution < -0.4 is 0 Å². The summed E-state index contributed by atoms with van der Waals surface area (Å²) < 4.78 is 0. The molecular formula is C24H34GdN2Si2-2. The molecule has 4 aromatic rings. The van der Waals surface area contributed by atoms with Crippen molar-refractivity contribution in [2.45, 2.75) is 39.3 Å². The van der Waals surface area contributed by atoms with Crippen molar-refractivity contribution >= 4 is 38.0 Å². The monoisotopic (exact) mass is 564 g/mol. The van der Waals surface area contributed by atoms with Gasteiger partial charge in [-0.15, -0.1) is 59.3 Å². The van der Waals surface area contributed by atoms with Crippen LogP contribution in [-0.2, 0) is 0 Å². The molecule has 0 fully saturated rings. The van der Waals surface area contributed by atoms with E-state index in [4.69, 9.17) is 10.8 Å². The smallest absolute Gasteiger partial charge is 0.680 e. The van der Waals surface area contributed by atoms with Crippen molar-refractivity contribution in [1.82, 2.24) is 0 Å². The Kier molecular flexibility index (Phi) is 13.3. The van der Waals surface area contributed by atoms with E-state index >= 15 is 0 Å². The molecule has 0 bridgehead atoms. The van der Waals surface area contributed by atoms with Crippen molar-refractivity contribution in [3.63, 3.8) is 0 Å². The molecule has 2 N–H and O–H groups in total. The quantitative estimate of drug-likeness (QED) is 0.152. The number of nitrogens with one attached hydrogen (secondary N) is 2. The normalized spacial score (nSPS) is 10.5. The Morgan fingerprint density at radius 3 is 1.10 bits per heavy atom. The molecule has 0 radical (unpaired) electrons. The van der Waals surface area contributed by atoms with Crippen LogP contribution in [0.3, 0.4) is 0 Å². The predicted octanol–water partition coefficient (Wildman–Crippen LogP) is 8.86. The van der Waals surface area contributed by atoms with E-state index in [1.807, 2.05) is 39.3 Å². The molecule has 5 heteroatoms. The van der Waals surface area contributed by atoms with Crippen LogP contribution in [0.5, 0.6) is 0 Å². The maximum atomic E-state index is 7.08. The number of hydrogen-bond acceptors (Lipinski definition) is 0. The summed E-state index contributed by atoms with van der Waals surface area (Å²) in [7, 11) is -2.72. The van der Waals surface area contributed by atoms with Crippen molar-refractivity contribution < 1.29 is 39.9 Å². The second-order valence-corrected chi connectivity index (χ2v) is 17.8. The summed E-state index contributed by atoms with van der Waals surface area (Å²) in [6, 6.07) is 29.3. The molecule has 0 amide bonds. The van der Waals surface area contributed by atoms with Crippen molar-refractivity contribution in [3.05, 3.63) is 95.7 Å². The largest absolute Gasteiger partial charge is 2.00 e. The fourth-order valence-electron chi connectivity index (χ4n) is 2.14. The molecular weight excluding hydrogens is 530 g/mol. The van der Waals surface area contributed by atoms with Crippen molar-refractivity contribution in [2.24, 2.45) is 0 Å². The Labute approximate surface area is 211 Å². The van der Waals surface area contributed by atoms with Crippen molar-refractivity contribution in [3.8, 4) is 0 Å². The van der Waals surface area contributed by atoms with E-state index in [9.17, 15) is 0 Å². The van der Waals surface area contributed by atoms with Gasteiger partial charge in [0, 0.05) is 0 Å². The SMILES string of the molecule is C[Si](C)(C)[NH-].C[Si](C)(C)[NH-].[Gd+2].c1ccc2[cH-]ccc2c1.c1ccc2[cH-]ccc2c1. The van der Waals surface area contributed by atoms with Gasteiger partial charge in [0.15, 0.2) is 0 Å². The van der Waals surface area contributed by atoms with Crippen molar-refractivity contribution in [1.29, 1.82) is 0 Å². The first kappa shape index (κ1) is 28.3. The van der Waals surface area contributed by atoms with E-state index in [2.05, 4.69) is 84.9 Å². The molecule has 0 aliphatic rings. The van der Waals surface area contributed by atoms with Gasteiger partial charge in [-0.1, -0.05) is 67.9 Å². The first-order chi connectivity index (χ1) is 12.9. The van der Waals surface area contributed by atoms with Crippen LogP contribution in [0.25, 0.3) is 32.3 Å². The number of hydrogen-bond donors (Lipinski definition) is 0. The topological polar surface area (TPSA) is 47.6 Å². The van der Waals surface area contributed by atoms with Gasteiger partial charge in [0.2, 0.25) is 0 Å². The summed E-state index contributed by atoms with van der Waals surface area (Å²) in [6.07, 6.45) is 0. The van der Waals surface area contributed by atoms with E-state index in [0.29, 0.717) is 0 Å². The molecule has 0 atom stereocenters. The van der Waals surface area contributed by atoms with Crippen LogP contribution in [0.15, 0.2) is 84.9 Å². The van der Waals surface area contributed by atoms with E-state index in [-0.39, 0.29) is 39.9 Å². The predicted molar refractivity (Wildman–Crippen MR) is 134 cm³/mol. The second-order valence-electron chi connectivity index (χ2n) is 8.81. The Bertz CT molecular complexity index is 781. The van der Waals surface area contributed by atoms with Gasteiger partial charge in [0.05, 0.1) is 0 Å². The number of rotatable bonds is 0. The molecule has 29 heavy (non-hydrogen) atoms. The summed E-state index contributed by atoms with van der Waals surface area (Å²) in [5.41, 5.74) is 0. The number of benzene rings is 2. The third-order valence-electron chi connectivity index (χ3n) is 3.10. The fourth-order valence-corrected chi connectivity index (χ4v) is 2.14. The van der Waals surface area contributed by atoms with Crippen LogP contribution >= 0.6 is 0 Å². The number of fused-ring (bicyclic) bond motifs is 2. The summed E-state index contributed by atoms with van der Waals surface area (Å²) >= 11 is 0. The molecule has 158 valence electrons. The Balaban J connectivity index is 0.000000373. The van der Waals surface area contributed by atoms with Gasteiger partial charge in [0.25, 0.3) is 0 Å². The minimum atomic E-state index is -1.36. The molecule has 2 nitrogen and oxygen atoms in total. The van der Waals surface area contributed by atoms with Gasteiger partial charge in [-0.05, 0) is 0 Å². The molecule has 0 saturated carbocycles. The molecule has 0 saturated heterocycles. The van der Waals surface area contributed by atoms with Crippen LogP contribution in [-0.4, -0.2) is 16.5 Å². The van der Waals surface area contributed by atoms with Gasteiger partial charge >= 0.3 is 39.9 Å². The van der Waals surface area contributed by atoms with Gasteiger partial charge < -0.3 is 10.8 Å². The third kappa shape index (κ3) is 15.8. The minimum absolute atomic E-state index is 0. The van der Waals surface area contributed by atoms with Gasteiger partial charge in [0.1, 0.15) is 0 Å². The Hall–Kier alpha value is -0.662. The molecule has 0 unspecified atom stereocenters. The maximum Gasteiger partial charge on any atom is 2.00 e. The van der Waals surface area contributed by atoms with E-state index in [0.717, 1.165) is 0 Å². The van der Waals surface area contributed by atoms with Crippen LogP contribution in [0.4, 0.5) is 0 Å². The van der Waals surface area contributed by atoms with Crippen molar-refractivity contribution in [2.75, 3.05) is 0 Å². The summed E-state index contributed by atoms with van der Waals surface area (Å²) in [5, 5.41) is 19.5. The van der Waals surface area contributed by atoms with Crippen LogP contribution in [0.2, 0.25) is 39.3 Å². The van der Waals surface area contributed by atoms with E-state index < -0.39 is 16.5 Å². The summed E-state index contributed by atoms with van der Waals surface area (Å²) in [4.78, 5) is 0. The average Bonchev–Trinajstić information content (AvgIpc) is 3.21. The molecule has 0 heterocycles. The summed E-state index contributed by atoms with van der Waals surface area (Å²) in [6.45, 7) is 12.0. The zero-order valence-corrected chi connectivity index (χ0v) is 22.7. The summed E-state index contributed by atoms with van der Waals surface area (Å²) in [5.74, 6) is 0. The average molecular weight is 564 g/mol. The Morgan fingerprint density at radius 2 is 0.828 bits per heavy atom. The second kappa shape index (κ2) is 13.6. The zero-order valence-electron chi connectivity index (χ0n) is 18.4. The first-order valence-electron chi connectivity index (χ1n) is 9.64. The molecule has 0 aromatic heterocycles. The maximum absolute atomic E-state index is 7.08. The van der Waals surface area contributed by atoms with Gasteiger partial charge in [-0.3, -0.25) is 0 Å². The molecule has 4 aromatic carbocycles. The zero-order chi connectivity index (χ0) is 21.2. The molecule has 0 spiro atoms. The minimum Gasteiger partial charge on any atom is -0.680 e. The molecule has 0 aliphatic heterocycles. The van der Waals surface area contributed by atoms with Crippen LogP contribution in [0, 0.1) is 39.9 Å². The van der Waals surface area contributed by atoms with Gasteiger partial charge in [-0.2, -0.15) is 35.0 Å². The fraction of sp³-hybridized carbons (Fsp3) is 0.250. The van der Waals surface area contributed by atoms with E-state index in [1.165, 1.54) is 21.5 Å². The third-order valence-corrected chi connectivity index (χ3v) is 3.10.